The largest absolute Gasteiger partial charge is 0.346 e. The van der Waals surface area contributed by atoms with Crippen molar-refractivity contribution >= 4 is 0 Å². The molecule has 1 aliphatic heterocycles. The summed E-state index contributed by atoms with van der Waals surface area (Å²) in [6.45, 7) is 4.91. The van der Waals surface area contributed by atoms with E-state index in [1.807, 2.05) is 6.92 Å². The van der Waals surface area contributed by atoms with Crippen molar-refractivity contribution in [3.63, 3.8) is 0 Å². The number of benzene rings is 1. The van der Waals surface area contributed by atoms with Crippen LogP contribution in [-0.2, 0) is 9.47 Å². The van der Waals surface area contributed by atoms with Crippen molar-refractivity contribution in [2.75, 3.05) is 13.2 Å². The Morgan fingerprint density at radius 1 is 1.40 bits per heavy atom. The van der Waals surface area contributed by atoms with Crippen molar-refractivity contribution in [1.29, 1.82) is 0 Å². The molecule has 2 unspecified atom stereocenters. The van der Waals surface area contributed by atoms with E-state index in [4.69, 9.17) is 15.2 Å². The van der Waals surface area contributed by atoms with Crippen molar-refractivity contribution in [3.05, 3.63) is 35.4 Å². The van der Waals surface area contributed by atoms with E-state index >= 15 is 0 Å². The molecule has 0 amide bonds. The van der Waals surface area contributed by atoms with Gasteiger partial charge < -0.3 is 15.2 Å². The minimum Gasteiger partial charge on any atom is -0.346 e. The fourth-order valence-corrected chi connectivity index (χ4v) is 1.67. The molecule has 3 nitrogen and oxygen atoms in total. The highest BCUT2D eigenvalue weighted by atomic mass is 16.7. The van der Waals surface area contributed by atoms with Crippen LogP contribution in [0.25, 0.3) is 0 Å². The monoisotopic (exact) mass is 207 g/mol. The number of ether oxygens (including phenoxy) is 2. The Hall–Kier alpha value is -0.900. The molecule has 0 aliphatic carbocycles. The second-order valence-electron chi connectivity index (χ2n) is 4.17. The van der Waals surface area contributed by atoms with E-state index in [0.717, 1.165) is 5.56 Å². The van der Waals surface area contributed by atoms with Crippen LogP contribution >= 0.6 is 0 Å². The quantitative estimate of drug-likeness (QED) is 0.803. The number of hydrogen-bond acceptors (Lipinski definition) is 3. The second-order valence-corrected chi connectivity index (χ2v) is 4.17. The van der Waals surface area contributed by atoms with Gasteiger partial charge in [-0.15, -0.1) is 0 Å². The van der Waals surface area contributed by atoms with E-state index in [2.05, 4.69) is 31.2 Å². The Morgan fingerprint density at radius 2 is 2.07 bits per heavy atom. The molecule has 1 fully saturated rings. The van der Waals surface area contributed by atoms with Gasteiger partial charge in [-0.25, -0.2) is 0 Å². The highest BCUT2D eigenvalue weighted by Crippen LogP contribution is 2.32. The van der Waals surface area contributed by atoms with Gasteiger partial charge in [-0.3, -0.25) is 0 Å². The van der Waals surface area contributed by atoms with Gasteiger partial charge in [0.1, 0.15) is 6.10 Å². The molecule has 3 heteroatoms. The van der Waals surface area contributed by atoms with Crippen molar-refractivity contribution in [2.45, 2.75) is 25.7 Å². The average Bonchev–Trinajstić information content (AvgIpc) is 2.63. The third-order valence-electron chi connectivity index (χ3n) is 2.75. The van der Waals surface area contributed by atoms with Crippen LogP contribution in [0.4, 0.5) is 0 Å². The lowest BCUT2D eigenvalue weighted by Crippen LogP contribution is -2.35. The Bertz CT molecular complexity index is 336. The zero-order valence-corrected chi connectivity index (χ0v) is 9.19. The van der Waals surface area contributed by atoms with Gasteiger partial charge in [0.05, 0.1) is 6.61 Å². The van der Waals surface area contributed by atoms with Crippen LogP contribution in [0.1, 0.15) is 24.2 Å². The van der Waals surface area contributed by atoms with Crippen molar-refractivity contribution in [2.24, 2.45) is 5.73 Å². The number of rotatable bonds is 2. The summed E-state index contributed by atoms with van der Waals surface area (Å²) in [6.07, 6.45) is 0.0131. The maximum Gasteiger partial charge on any atom is 0.178 e. The first-order chi connectivity index (χ1) is 7.13. The standard InChI is InChI=1S/C12H17NO2/c1-9-3-5-10(6-4-9)11-7-14-12(2,8-13)15-11/h3-6,11H,7-8,13H2,1-2H3. The second kappa shape index (κ2) is 3.93. The molecular weight excluding hydrogens is 190 g/mol. The molecule has 15 heavy (non-hydrogen) atoms. The van der Waals surface area contributed by atoms with Crippen molar-refractivity contribution < 1.29 is 9.47 Å². The predicted molar refractivity (Wildman–Crippen MR) is 58.4 cm³/mol. The van der Waals surface area contributed by atoms with Crippen LogP contribution in [0.2, 0.25) is 0 Å². The Kier molecular flexibility index (Phi) is 2.78. The van der Waals surface area contributed by atoms with Crippen LogP contribution in [0, 0.1) is 6.92 Å². The third kappa shape index (κ3) is 2.20. The first-order valence-electron chi connectivity index (χ1n) is 5.21. The summed E-state index contributed by atoms with van der Waals surface area (Å²) in [6, 6.07) is 8.31. The van der Waals surface area contributed by atoms with Crippen LogP contribution in [-0.4, -0.2) is 18.9 Å². The average molecular weight is 207 g/mol. The topological polar surface area (TPSA) is 44.5 Å². The Morgan fingerprint density at radius 3 is 2.60 bits per heavy atom. The highest BCUT2D eigenvalue weighted by Gasteiger charge is 2.36. The molecule has 0 spiro atoms. The summed E-state index contributed by atoms with van der Waals surface area (Å²) >= 11 is 0. The maximum atomic E-state index is 5.78. The summed E-state index contributed by atoms with van der Waals surface area (Å²) in [5, 5.41) is 0. The molecular formula is C12H17NO2. The van der Waals surface area contributed by atoms with E-state index in [1.165, 1.54) is 5.56 Å². The summed E-state index contributed by atoms with van der Waals surface area (Å²) in [7, 11) is 0. The number of aryl methyl sites for hydroxylation is 1. The lowest BCUT2D eigenvalue weighted by molar-refractivity contribution is -0.145. The fraction of sp³-hybridized carbons (Fsp3) is 0.500. The first kappa shape index (κ1) is 10.6. The van der Waals surface area contributed by atoms with Crippen LogP contribution in [0.3, 0.4) is 0 Å². The summed E-state index contributed by atoms with van der Waals surface area (Å²) < 4.78 is 11.3. The van der Waals surface area contributed by atoms with Crippen LogP contribution in [0.15, 0.2) is 24.3 Å². The van der Waals surface area contributed by atoms with Crippen LogP contribution < -0.4 is 5.73 Å². The summed E-state index contributed by atoms with van der Waals surface area (Å²) in [4.78, 5) is 0. The molecule has 1 aromatic rings. The normalized spacial score (nSPS) is 30.7. The molecule has 0 bridgehead atoms. The molecule has 0 saturated carbocycles. The predicted octanol–water partition coefficient (Wildman–Crippen LogP) is 1.76. The molecule has 2 rings (SSSR count). The number of nitrogens with two attached hydrogens (primary N) is 1. The van der Waals surface area contributed by atoms with Gasteiger partial charge >= 0.3 is 0 Å². The van der Waals surface area contributed by atoms with Gasteiger partial charge in [0.25, 0.3) is 0 Å². The smallest absolute Gasteiger partial charge is 0.178 e. The molecule has 1 aromatic carbocycles. The lowest BCUT2D eigenvalue weighted by atomic mass is 10.1. The van der Waals surface area contributed by atoms with Crippen LogP contribution in [0.5, 0.6) is 0 Å². The molecule has 82 valence electrons. The van der Waals surface area contributed by atoms with Gasteiger partial charge in [0.2, 0.25) is 0 Å². The maximum absolute atomic E-state index is 5.78. The zero-order valence-electron chi connectivity index (χ0n) is 9.19. The molecule has 2 N–H and O–H groups in total. The van der Waals surface area contributed by atoms with E-state index in [0.29, 0.717) is 13.2 Å². The van der Waals surface area contributed by atoms with E-state index in [1.54, 1.807) is 0 Å². The fourth-order valence-electron chi connectivity index (χ4n) is 1.67. The van der Waals surface area contributed by atoms with Gasteiger partial charge in [-0.05, 0) is 19.4 Å². The third-order valence-corrected chi connectivity index (χ3v) is 2.75. The minimum atomic E-state index is -0.616. The molecule has 1 saturated heterocycles. The van der Waals surface area contributed by atoms with Gasteiger partial charge in [-0.2, -0.15) is 0 Å². The molecule has 1 aliphatic rings. The molecule has 2 atom stereocenters. The molecule has 0 radical (unpaired) electrons. The van der Waals surface area contributed by atoms with E-state index in [9.17, 15) is 0 Å². The van der Waals surface area contributed by atoms with Gasteiger partial charge in [-0.1, -0.05) is 29.8 Å². The summed E-state index contributed by atoms with van der Waals surface area (Å²) in [5.74, 6) is -0.616. The highest BCUT2D eigenvalue weighted by molar-refractivity contribution is 5.23. The molecule has 0 aromatic heterocycles. The van der Waals surface area contributed by atoms with E-state index < -0.39 is 5.79 Å². The minimum absolute atomic E-state index is 0.0131. The number of hydrogen-bond donors (Lipinski definition) is 1. The molecule has 1 heterocycles. The lowest BCUT2D eigenvalue weighted by Gasteiger charge is -2.20. The van der Waals surface area contributed by atoms with Gasteiger partial charge in [0, 0.05) is 6.54 Å². The Balaban J connectivity index is 2.11. The van der Waals surface area contributed by atoms with E-state index in [-0.39, 0.29) is 6.10 Å². The van der Waals surface area contributed by atoms with Crippen molar-refractivity contribution in [1.82, 2.24) is 0 Å². The Labute approximate surface area is 90.2 Å². The first-order valence-corrected chi connectivity index (χ1v) is 5.21. The zero-order chi connectivity index (χ0) is 10.9. The SMILES string of the molecule is Cc1ccc(C2COC(C)(CN)O2)cc1. The van der Waals surface area contributed by atoms with Crippen molar-refractivity contribution in [3.8, 4) is 0 Å². The van der Waals surface area contributed by atoms with Gasteiger partial charge in [0.15, 0.2) is 5.79 Å². The summed E-state index contributed by atoms with van der Waals surface area (Å²) in [5.41, 5.74) is 7.98.